The summed E-state index contributed by atoms with van der Waals surface area (Å²) in [5.41, 5.74) is 7.28. The number of hydrogen-bond donors (Lipinski definition) is 5. The second-order valence-corrected chi connectivity index (χ2v) is 7.52. The van der Waals surface area contributed by atoms with Gasteiger partial charge in [-0.05, 0) is 26.0 Å². The number of anilines is 1. The van der Waals surface area contributed by atoms with Gasteiger partial charge in [-0.15, -0.1) is 0 Å². The van der Waals surface area contributed by atoms with Gasteiger partial charge in [0.15, 0.2) is 0 Å². The number of imidazole rings is 1. The van der Waals surface area contributed by atoms with Crippen molar-refractivity contribution in [1.29, 1.82) is 5.41 Å². The fourth-order valence-corrected chi connectivity index (χ4v) is 3.69. The number of hydrogen-bond acceptors (Lipinski definition) is 8. The van der Waals surface area contributed by atoms with Crippen molar-refractivity contribution in [2.75, 3.05) is 11.4 Å². The molecule has 1 fully saturated rings. The molecule has 0 bridgehead atoms. The highest BCUT2D eigenvalue weighted by atomic mass is 16.1. The third kappa shape index (κ3) is 4.36. The standard InChI is InChI=1S/C20H24N10O/c1-11-9-30(12(2)19(28-11)13-6-26-27-7-13)18-5-15(24-10-25-18)16-8-23-17(29-16)4-3-14(21)20(22)31/h3-8,10-12,19,21,28H,9H2,1-2H3,(H2,22,31)(H,23,29)(H,26,27)/b4-3-,21-14?. The third-order valence-electron chi connectivity index (χ3n) is 5.28. The van der Waals surface area contributed by atoms with E-state index in [1.54, 1.807) is 6.20 Å². The van der Waals surface area contributed by atoms with E-state index in [-0.39, 0.29) is 23.8 Å². The lowest BCUT2D eigenvalue weighted by Crippen LogP contribution is -2.56. The second kappa shape index (κ2) is 8.48. The van der Waals surface area contributed by atoms with E-state index in [9.17, 15) is 4.79 Å². The Bertz CT molecular complexity index is 1100. The molecule has 31 heavy (non-hydrogen) atoms. The topological polar surface area (TPSA) is 165 Å². The van der Waals surface area contributed by atoms with E-state index in [2.05, 4.69) is 54.2 Å². The molecule has 0 aliphatic carbocycles. The minimum absolute atomic E-state index is 0.116. The summed E-state index contributed by atoms with van der Waals surface area (Å²) in [6.45, 7) is 5.11. The molecule has 3 unspecified atom stereocenters. The number of piperazine rings is 1. The largest absolute Gasteiger partial charge is 0.364 e. The molecule has 0 spiro atoms. The maximum atomic E-state index is 11.0. The van der Waals surface area contributed by atoms with Gasteiger partial charge in [-0.2, -0.15) is 5.10 Å². The van der Waals surface area contributed by atoms with E-state index in [4.69, 9.17) is 11.1 Å². The number of carbonyl (C=O) groups is 1. The normalized spacial score (nSPS) is 21.5. The van der Waals surface area contributed by atoms with Crippen LogP contribution in [-0.4, -0.2) is 60.4 Å². The van der Waals surface area contributed by atoms with Crippen LogP contribution in [0.15, 0.2) is 37.1 Å². The Morgan fingerprint density at radius 2 is 2.13 bits per heavy atom. The minimum Gasteiger partial charge on any atom is -0.364 e. The number of H-pyrrole nitrogens is 2. The quantitative estimate of drug-likeness (QED) is 0.371. The summed E-state index contributed by atoms with van der Waals surface area (Å²) in [7, 11) is 0. The molecular formula is C20H24N10O. The van der Waals surface area contributed by atoms with Crippen LogP contribution in [-0.2, 0) is 4.79 Å². The number of nitrogens with one attached hydrogen (secondary N) is 4. The van der Waals surface area contributed by atoms with Gasteiger partial charge < -0.3 is 20.9 Å². The lowest BCUT2D eigenvalue weighted by atomic mass is 9.97. The molecule has 1 aliphatic heterocycles. The molecule has 160 valence electrons. The first-order valence-electron chi connectivity index (χ1n) is 9.87. The van der Waals surface area contributed by atoms with Gasteiger partial charge in [-0.25, -0.2) is 15.0 Å². The Balaban J connectivity index is 1.57. The lowest BCUT2D eigenvalue weighted by Gasteiger charge is -2.43. The summed E-state index contributed by atoms with van der Waals surface area (Å²) < 4.78 is 0. The van der Waals surface area contributed by atoms with Gasteiger partial charge in [-0.1, -0.05) is 0 Å². The molecule has 11 heteroatoms. The van der Waals surface area contributed by atoms with Crippen molar-refractivity contribution in [1.82, 2.24) is 35.5 Å². The molecule has 0 aromatic carbocycles. The zero-order valence-corrected chi connectivity index (χ0v) is 17.2. The fourth-order valence-electron chi connectivity index (χ4n) is 3.69. The van der Waals surface area contributed by atoms with Crippen LogP contribution in [0.4, 0.5) is 5.82 Å². The summed E-state index contributed by atoms with van der Waals surface area (Å²) in [4.78, 5) is 29.5. The van der Waals surface area contributed by atoms with Gasteiger partial charge in [0, 0.05) is 36.5 Å². The average Bonchev–Trinajstić information content (AvgIpc) is 3.45. The van der Waals surface area contributed by atoms with Crippen molar-refractivity contribution in [2.45, 2.75) is 32.0 Å². The fraction of sp³-hybridized carbons (Fsp3) is 0.300. The number of nitrogens with two attached hydrogens (primary N) is 1. The molecule has 1 saturated heterocycles. The Hall–Kier alpha value is -3.86. The molecular weight excluding hydrogens is 396 g/mol. The van der Waals surface area contributed by atoms with Gasteiger partial charge >= 0.3 is 0 Å². The molecule has 3 aromatic heterocycles. The molecule has 3 aromatic rings. The highest BCUT2D eigenvalue weighted by molar-refractivity contribution is 6.42. The summed E-state index contributed by atoms with van der Waals surface area (Å²) in [6, 6.07) is 2.45. The predicted octanol–water partition coefficient (Wildman–Crippen LogP) is 1.04. The molecule has 4 heterocycles. The Kier molecular flexibility index (Phi) is 5.58. The third-order valence-corrected chi connectivity index (χ3v) is 5.28. The molecule has 11 nitrogen and oxygen atoms in total. The van der Waals surface area contributed by atoms with Gasteiger partial charge in [-0.3, -0.25) is 15.3 Å². The van der Waals surface area contributed by atoms with Gasteiger partial charge in [0.25, 0.3) is 5.91 Å². The van der Waals surface area contributed by atoms with Crippen LogP contribution in [0.5, 0.6) is 0 Å². The Labute approximate surface area is 178 Å². The van der Waals surface area contributed by atoms with Crippen LogP contribution in [0.1, 0.15) is 31.3 Å². The maximum absolute atomic E-state index is 11.0. The molecule has 0 radical (unpaired) electrons. The Morgan fingerprint density at radius 3 is 2.87 bits per heavy atom. The molecule has 1 aliphatic rings. The van der Waals surface area contributed by atoms with Crippen molar-refractivity contribution in [3.63, 3.8) is 0 Å². The van der Waals surface area contributed by atoms with E-state index < -0.39 is 5.91 Å². The summed E-state index contributed by atoms with van der Waals surface area (Å²) in [6.07, 6.45) is 9.76. The highest BCUT2D eigenvalue weighted by Crippen LogP contribution is 2.29. The van der Waals surface area contributed by atoms with E-state index in [1.807, 2.05) is 18.5 Å². The van der Waals surface area contributed by atoms with Gasteiger partial charge in [0.05, 0.1) is 29.8 Å². The number of carbonyl (C=O) groups excluding carboxylic acids is 1. The number of aromatic amines is 2. The molecule has 1 amide bonds. The van der Waals surface area contributed by atoms with Crippen LogP contribution in [0.25, 0.3) is 17.5 Å². The van der Waals surface area contributed by atoms with Crippen molar-refractivity contribution in [2.24, 2.45) is 5.73 Å². The highest BCUT2D eigenvalue weighted by Gasteiger charge is 2.33. The number of amides is 1. The summed E-state index contributed by atoms with van der Waals surface area (Å²) in [5.74, 6) is 0.517. The zero-order chi connectivity index (χ0) is 22.0. The molecule has 4 rings (SSSR count). The van der Waals surface area contributed by atoms with Crippen molar-refractivity contribution in [3.8, 4) is 11.4 Å². The van der Waals surface area contributed by atoms with Crippen LogP contribution < -0.4 is 16.0 Å². The zero-order valence-electron chi connectivity index (χ0n) is 17.2. The predicted molar refractivity (Wildman–Crippen MR) is 116 cm³/mol. The SMILES string of the molecule is CC1CN(c2cc(-c3cnc(/C=C\C(=N)C(N)=O)[nH]3)ncn2)C(C)C(c2cn[nH]c2)N1. The van der Waals surface area contributed by atoms with Gasteiger partial charge in [0.1, 0.15) is 23.7 Å². The van der Waals surface area contributed by atoms with E-state index in [0.717, 1.165) is 17.9 Å². The number of rotatable bonds is 6. The Morgan fingerprint density at radius 1 is 1.29 bits per heavy atom. The maximum Gasteiger partial charge on any atom is 0.266 e. The number of aromatic nitrogens is 6. The van der Waals surface area contributed by atoms with Crippen LogP contribution in [0.2, 0.25) is 0 Å². The molecule has 6 N–H and O–H groups in total. The molecule has 3 atom stereocenters. The molecule has 0 saturated carbocycles. The van der Waals surface area contributed by atoms with Crippen molar-refractivity contribution in [3.05, 3.63) is 48.4 Å². The summed E-state index contributed by atoms with van der Waals surface area (Å²) >= 11 is 0. The first kappa shape index (κ1) is 20.4. The monoisotopic (exact) mass is 420 g/mol. The first-order valence-corrected chi connectivity index (χ1v) is 9.87. The van der Waals surface area contributed by atoms with Crippen LogP contribution >= 0.6 is 0 Å². The van der Waals surface area contributed by atoms with Gasteiger partial charge in [0.2, 0.25) is 0 Å². The number of nitrogens with zero attached hydrogens (tertiary/aromatic N) is 5. The second-order valence-electron chi connectivity index (χ2n) is 7.52. The average molecular weight is 420 g/mol. The van der Waals surface area contributed by atoms with Crippen molar-refractivity contribution >= 4 is 23.5 Å². The smallest absolute Gasteiger partial charge is 0.266 e. The van der Waals surface area contributed by atoms with E-state index in [1.165, 1.54) is 18.5 Å². The van der Waals surface area contributed by atoms with Crippen LogP contribution in [0.3, 0.4) is 0 Å². The minimum atomic E-state index is -0.795. The number of primary amides is 1. The van der Waals surface area contributed by atoms with E-state index >= 15 is 0 Å². The van der Waals surface area contributed by atoms with Crippen LogP contribution in [0, 0.1) is 5.41 Å². The van der Waals surface area contributed by atoms with E-state index in [0.29, 0.717) is 17.2 Å². The summed E-state index contributed by atoms with van der Waals surface area (Å²) in [5, 5.41) is 18.1. The lowest BCUT2D eigenvalue weighted by molar-refractivity contribution is -0.111. The first-order chi connectivity index (χ1) is 14.9. The van der Waals surface area contributed by atoms with Crippen molar-refractivity contribution < 1.29 is 4.79 Å².